The van der Waals surface area contributed by atoms with Crippen LogP contribution in [0, 0.1) is 6.92 Å². The van der Waals surface area contributed by atoms with Gasteiger partial charge in [-0.2, -0.15) is 0 Å². The molecule has 0 amide bonds. The Bertz CT molecular complexity index is 429. The second kappa shape index (κ2) is 5.19. The van der Waals surface area contributed by atoms with Gasteiger partial charge in [0.05, 0.1) is 19.8 Å². The highest BCUT2D eigenvalue weighted by atomic mass is 16.5. The fourth-order valence-electron chi connectivity index (χ4n) is 1.93. The lowest BCUT2D eigenvalue weighted by Crippen LogP contribution is -2.19. The first-order chi connectivity index (χ1) is 8.24. The summed E-state index contributed by atoms with van der Waals surface area (Å²) in [6.07, 6.45) is 0.869. The number of likely N-dealkylation sites (N-methyl/N-ethyl adjacent to an activating group) is 1. The molecule has 1 aliphatic rings. The molecule has 1 aromatic rings. The Labute approximate surface area is 101 Å². The molecule has 0 unspecified atom stereocenters. The molecule has 0 atom stereocenters. The number of rotatable bonds is 3. The normalized spacial score (nSPS) is 14.2. The Morgan fingerprint density at radius 1 is 1.35 bits per heavy atom. The van der Waals surface area contributed by atoms with Gasteiger partial charge in [0.25, 0.3) is 0 Å². The van der Waals surface area contributed by atoms with Gasteiger partial charge in [-0.05, 0) is 26.1 Å². The Hall–Kier alpha value is -1.55. The van der Waals surface area contributed by atoms with Crippen LogP contribution in [0.5, 0.6) is 11.5 Å². The average Bonchev–Trinajstić information content (AvgIpc) is 2.55. The van der Waals surface area contributed by atoms with Crippen molar-refractivity contribution in [2.75, 3.05) is 26.8 Å². The molecular formula is C13H17NO3. The van der Waals surface area contributed by atoms with E-state index in [1.807, 2.05) is 19.1 Å². The molecule has 0 saturated carbocycles. The lowest BCUT2D eigenvalue weighted by atomic mass is 10.0. The SMILES string of the molecule is CNCC(=O)c1ccc2c(c1C)OCCCO2. The number of ether oxygens (including phenoxy) is 2. The van der Waals surface area contributed by atoms with Crippen molar-refractivity contribution in [2.45, 2.75) is 13.3 Å². The smallest absolute Gasteiger partial charge is 0.176 e. The summed E-state index contributed by atoms with van der Waals surface area (Å²) in [6.45, 7) is 3.53. The summed E-state index contributed by atoms with van der Waals surface area (Å²) in [5.74, 6) is 1.52. The fourth-order valence-corrected chi connectivity index (χ4v) is 1.93. The summed E-state index contributed by atoms with van der Waals surface area (Å²) in [7, 11) is 1.76. The molecule has 0 radical (unpaired) electrons. The van der Waals surface area contributed by atoms with Crippen LogP contribution in [0.25, 0.3) is 0 Å². The zero-order valence-corrected chi connectivity index (χ0v) is 10.2. The van der Waals surface area contributed by atoms with E-state index in [-0.39, 0.29) is 5.78 Å². The first-order valence-electron chi connectivity index (χ1n) is 5.81. The number of carbonyl (C=O) groups is 1. The van der Waals surface area contributed by atoms with Crippen molar-refractivity contribution in [2.24, 2.45) is 0 Å². The molecule has 0 aromatic heterocycles. The van der Waals surface area contributed by atoms with E-state index in [0.717, 1.165) is 17.7 Å². The number of carbonyl (C=O) groups excluding carboxylic acids is 1. The maximum atomic E-state index is 11.9. The topological polar surface area (TPSA) is 47.6 Å². The summed E-state index contributed by atoms with van der Waals surface area (Å²) in [4.78, 5) is 11.9. The van der Waals surface area contributed by atoms with Crippen molar-refractivity contribution in [3.05, 3.63) is 23.3 Å². The van der Waals surface area contributed by atoms with E-state index in [0.29, 0.717) is 31.1 Å². The van der Waals surface area contributed by atoms with Gasteiger partial charge in [0.15, 0.2) is 17.3 Å². The zero-order valence-electron chi connectivity index (χ0n) is 10.2. The third kappa shape index (κ3) is 2.42. The molecule has 92 valence electrons. The molecule has 1 N–H and O–H groups in total. The van der Waals surface area contributed by atoms with Crippen molar-refractivity contribution < 1.29 is 14.3 Å². The van der Waals surface area contributed by atoms with Gasteiger partial charge in [-0.15, -0.1) is 0 Å². The maximum Gasteiger partial charge on any atom is 0.176 e. The van der Waals surface area contributed by atoms with E-state index in [1.165, 1.54) is 0 Å². The summed E-state index contributed by atoms with van der Waals surface area (Å²) >= 11 is 0. The molecule has 4 nitrogen and oxygen atoms in total. The quantitative estimate of drug-likeness (QED) is 0.808. The molecule has 0 saturated heterocycles. The predicted molar refractivity (Wildman–Crippen MR) is 65.0 cm³/mol. The third-order valence-corrected chi connectivity index (χ3v) is 2.80. The molecular weight excluding hydrogens is 218 g/mol. The van der Waals surface area contributed by atoms with Crippen LogP contribution in [0.1, 0.15) is 22.3 Å². The standard InChI is InChI=1S/C13H17NO3/c1-9-10(11(15)8-14-2)4-5-12-13(9)17-7-3-6-16-12/h4-5,14H,3,6-8H2,1-2H3. The lowest BCUT2D eigenvalue weighted by molar-refractivity contribution is 0.0992. The van der Waals surface area contributed by atoms with Crippen LogP contribution in [0.3, 0.4) is 0 Å². The monoisotopic (exact) mass is 235 g/mol. The minimum atomic E-state index is 0.0700. The minimum Gasteiger partial charge on any atom is -0.490 e. The first-order valence-corrected chi connectivity index (χ1v) is 5.81. The molecule has 0 aliphatic carbocycles. The van der Waals surface area contributed by atoms with Gasteiger partial charge in [-0.1, -0.05) is 0 Å². The molecule has 1 heterocycles. The molecule has 17 heavy (non-hydrogen) atoms. The first kappa shape index (κ1) is 11.9. The highest BCUT2D eigenvalue weighted by molar-refractivity contribution is 5.99. The summed E-state index contributed by atoms with van der Waals surface area (Å²) in [5.41, 5.74) is 1.56. The Morgan fingerprint density at radius 2 is 2.12 bits per heavy atom. The van der Waals surface area contributed by atoms with E-state index >= 15 is 0 Å². The second-order valence-corrected chi connectivity index (χ2v) is 4.07. The van der Waals surface area contributed by atoms with Crippen molar-refractivity contribution in [1.82, 2.24) is 5.32 Å². The van der Waals surface area contributed by atoms with Gasteiger partial charge in [0, 0.05) is 17.5 Å². The fraction of sp³-hybridized carbons (Fsp3) is 0.462. The Kier molecular flexibility index (Phi) is 3.64. The highest BCUT2D eigenvalue weighted by Gasteiger charge is 2.18. The van der Waals surface area contributed by atoms with Crippen LogP contribution in [0.15, 0.2) is 12.1 Å². The van der Waals surface area contributed by atoms with Crippen molar-refractivity contribution >= 4 is 5.78 Å². The largest absolute Gasteiger partial charge is 0.490 e. The molecule has 1 aromatic carbocycles. The average molecular weight is 235 g/mol. The summed E-state index contributed by atoms with van der Waals surface area (Å²) in [5, 5.41) is 2.86. The Morgan fingerprint density at radius 3 is 2.88 bits per heavy atom. The number of Topliss-reactive ketones (excluding diaryl/α,β-unsaturated/α-hetero) is 1. The van der Waals surface area contributed by atoms with Gasteiger partial charge in [-0.3, -0.25) is 4.79 Å². The summed E-state index contributed by atoms with van der Waals surface area (Å²) < 4.78 is 11.2. The van der Waals surface area contributed by atoms with Crippen LogP contribution >= 0.6 is 0 Å². The van der Waals surface area contributed by atoms with E-state index in [9.17, 15) is 4.79 Å². The number of ketones is 1. The summed E-state index contributed by atoms with van der Waals surface area (Å²) in [6, 6.07) is 3.62. The van der Waals surface area contributed by atoms with Crippen LogP contribution in [0.4, 0.5) is 0 Å². The van der Waals surface area contributed by atoms with E-state index in [4.69, 9.17) is 9.47 Å². The molecule has 1 aliphatic heterocycles. The predicted octanol–water partition coefficient (Wildman–Crippen LogP) is 1.56. The van der Waals surface area contributed by atoms with Crippen LogP contribution in [-0.2, 0) is 0 Å². The minimum absolute atomic E-state index is 0.0700. The van der Waals surface area contributed by atoms with Gasteiger partial charge >= 0.3 is 0 Å². The second-order valence-electron chi connectivity index (χ2n) is 4.07. The zero-order chi connectivity index (χ0) is 12.3. The third-order valence-electron chi connectivity index (χ3n) is 2.80. The molecule has 0 fully saturated rings. The van der Waals surface area contributed by atoms with Gasteiger partial charge in [0.1, 0.15) is 0 Å². The number of hydrogen-bond acceptors (Lipinski definition) is 4. The number of nitrogens with one attached hydrogen (secondary N) is 1. The van der Waals surface area contributed by atoms with Crippen molar-refractivity contribution in [3.63, 3.8) is 0 Å². The Balaban J connectivity index is 2.37. The molecule has 0 spiro atoms. The number of hydrogen-bond donors (Lipinski definition) is 1. The van der Waals surface area contributed by atoms with Crippen LogP contribution in [-0.4, -0.2) is 32.6 Å². The highest BCUT2D eigenvalue weighted by Crippen LogP contribution is 2.35. The van der Waals surface area contributed by atoms with E-state index in [2.05, 4.69) is 5.32 Å². The van der Waals surface area contributed by atoms with E-state index in [1.54, 1.807) is 7.05 Å². The maximum absolute atomic E-state index is 11.9. The van der Waals surface area contributed by atoms with Crippen LogP contribution in [0.2, 0.25) is 0 Å². The van der Waals surface area contributed by atoms with Gasteiger partial charge in [0.2, 0.25) is 0 Å². The molecule has 2 rings (SSSR count). The van der Waals surface area contributed by atoms with Crippen molar-refractivity contribution in [3.8, 4) is 11.5 Å². The van der Waals surface area contributed by atoms with Crippen LogP contribution < -0.4 is 14.8 Å². The lowest BCUT2D eigenvalue weighted by Gasteiger charge is -2.13. The van der Waals surface area contributed by atoms with E-state index < -0.39 is 0 Å². The van der Waals surface area contributed by atoms with Gasteiger partial charge < -0.3 is 14.8 Å². The number of benzene rings is 1. The molecule has 4 heteroatoms. The van der Waals surface area contributed by atoms with Gasteiger partial charge in [-0.25, -0.2) is 0 Å². The van der Waals surface area contributed by atoms with Crippen molar-refractivity contribution in [1.29, 1.82) is 0 Å². The number of fused-ring (bicyclic) bond motifs is 1. The molecule has 0 bridgehead atoms.